The molecule has 9 rings (SSSR count). The van der Waals surface area contributed by atoms with Crippen molar-refractivity contribution in [3.63, 3.8) is 0 Å². The summed E-state index contributed by atoms with van der Waals surface area (Å²) in [6, 6.07) is 53.0. The lowest BCUT2D eigenvalue weighted by Crippen LogP contribution is -2.15. The van der Waals surface area contributed by atoms with Crippen LogP contribution in [0.25, 0.3) is 50.9 Å². The molecule has 330 valence electrons. The zero-order chi connectivity index (χ0) is 46.4. The van der Waals surface area contributed by atoms with Gasteiger partial charge in [0.2, 0.25) is 0 Å². The average molecular weight is 870 g/mol. The molecule has 3 nitrogen and oxygen atoms in total. The van der Waals surface area contributed by atoms with E-state index in [-0.39, 0.29) is 5.92 Å². The van der Waals surface area contributed by atoms with Crippen molar-refractivity contribution in [2.24, 2.45) is 4.99 Å². The van der Waals surface area contributed by atoms with E-state index >= 15 is 0 Å². The van der Waals surface area contributed by atoms with E-state index in [0.717, 1.165) is 36.5 Å². The summed E-state index contributed by atoms with van der Waals surface area (Å²) >= 11 is 0. The lowest BCUT2D eigenvalue weighted by atomic mass is 9.94. The van der Waals surface area contributed by atoms with Crippen molar-refractivity contribution >= 4 is 46.2 Å². The van der Waals surface area contributed by atoms with Crippen molar-refractivity contribution in [1.29, 1.82) is 0 Å². The van der Waals surface area contributed by atoms with Crippen LogP contribution < -0.4 is 4.90 Å². The Morgan fingerprint density at radius 1 is 0.687 bits per heavy atom. The van der Waals surface area contributed by atoms with Crippen LogP contribution >= 0.6 is 0 Å². The van der Waals surface area contributed by atoms with Gasteiger partial charge < -0.3 is 9.47 Å². The number of fused-ring (bicyclic) bond motifs is 3. The van der Waals surface area contributed by atoms with Gasteiger partial charge in [-0.05, 0) is 124 Å². The number of rotatable bonds is 13. The van der Waals surface area contributed by atoms with Crippen LogP contribution in [-0.4, -0.2) is 17.8 Å². The van der Waals surface area contributed by atoms with Crippen LogP contribution in [-0.2, 0) is 6.54 Å². The molecule has 0 N–H and O–H groups in total. The predicted octanol–water partition coefficient (Wildman–Crippen LogP) is 17.1. The van der Waals surface area contributed by atoms with Gasteiger partial charge in [-0.25, -0.2) is 0 Å². The Bertz CT molecular complexity index is 3050. The molecule has 1 atom stereocenters. The minimum atomic E-state index is 0.248. The van der Waals surface area contributed by atoms with Crippen molar-refractivity contribution in [3.05, 3.63) is 271 Å². The van der Waals surface area contributed by atoms with Gasteiger partial charge in [0.15, 0.2) is 0 Å². The summed E-state index contributed by atoms with van der Waals surface area (Å²) in [4.78, 5) is 5.94. The molecule has 1 heterocycles. The molecule has 2 aliphatic rings. The summed E-state index contributed by atoms with van der Waals surface area (Å²) < 4.78 is 2.48. The maximum Gasteiger partial charge on any atom is 0.0497 e. The molecule has 2 aliphatic carbocycles. The number of benzene rings is 6. The fraction of sp³-hybridized carbons (Fsp3) is 0.109. The Morgan fingerprint density at radius 2 is 1.33 bits per heavy atom. The summed E-state index contributed by atoms with van der Waals surface area (Å²) in [5.41, 5.74) is 18.3. The molecule has 67 heavy (non-hydrogen) atoms. The molecule has 0 bridgehead atoms. The third-order valence-electron chi connectivity index (χ3n) is 12.4. The van der Waals surface area contributed by atoms with E-state index in [2.05, 4.69) is 260 Å². The highest BCUT2D eigenvalue weighted by atomic mass is 15.1. The largest absolute Gasteiger partial charge is 0.336 e. The third-order valence-corrected chi connectivity index (χ3v) is 12.4. The molecule has 0 saturated heterocycles. The maximum absolute atomic E-state index is 4.12. The first kappa shape index (κ1) is 45.6. The molecular weight excluding hydrogens is 811 g/mol. The number of allylic oxidation sites excluding steroid dienone is 13. The summed E-state index contributed by atoms with van der Waals surface area (Å²) in [6.07, 6.45) is 33.5. The second-order valence-electron chi connectivity index (χ2n) is 16.8. The van der Waals surface area contributed by atoms with Crippen molar-refractivity contribution < 1.29 is 0 Å². The number of hydrogen-bond acceptors (Lipinski definition) is 2. The highest BCUT2D eigenvalue weighted by Crippen LogP contribution is 2.39. The quantitative estimate of drug-likeness (QED) is 0.0835. The lowest BCUT2D eigenvalue weighted by molar-refractivity contribution is 0.827. The number of aliphatic imine (C=N–C) groups is 1. The SMILES string of the molecule is C=C/C=C(\C=C/C(C)c1ccccc1)N(c1ccc(C2=CC=CC=CC2)cc1)c1ccc(-c2ccc(-c3ccc4c(c3C)c3c(n4Cc4ccccc4)C=CCC=C3)cc2)cc1.C=CC=NC. The highest BCUT2D eigenvalue weighted by molar-refractivity contribution is 6.00. The van der Waals surface area contributed by atoms with E-state index < -0.39 is 0 Å². The maximum atomic E-state index is 4.12. The van der Waals surface area contributed by atoms with Gasteiger partial charge in [0, 0.05) is 59.0 Å². The first-order chi connectivity index (χ1) is 33.0. The van der Waals surface area contributed by atoms with Gasteiger partial charge in [0.05, 0.1) is 0 Å². The molecule has 1 unspecified atom stereocenters. The smallest absolute Gasteiger partial charge is 0.0497 e. The van der Waals surface area contributed by atoms with E-state index in [0.29, 0.717) is 0 Å². The molecule has 0 radical (unpaired) electrons. The van der Waals surface area contributed by atoms with Gasteiger partial charge in [-0.1, -0.05) is 202 Å². The molecule has 1 aromatic heterocycles. The second kappa shape index (κ2) is 22.3. The van der Waals surface area contributed by atoms with E-state index in [1.807, 2.05) is 6.08 Å². The standard InChI is InChI=1S/C60H52N2.C4H7N/c1-4-18-53(36-27-44(2)47-21-14-8-15-22-47)62(54-37-32-50(33-38-54)48-23-12-5-6-13-24-48)55-39-34-51(35-40-55)49-28-30-52(31-29-49)56-41-42-59-60(45(56)3)57-25-16-9-17-26-58(57)61(59)43-46-19-10-7-11-20-46;1-3-4-5-2/h4-8,10-23,25-42,44H,1,9,24,43H2,2-3H3;3-4H,1H2,2H3/b36-27-,53-18+;. The van der Waals surface area contributed by atoms with E-state index in [4.69, 9.17) is 0 Å². The van der Waals surface area contributed by atoms with Crippen molar-refractivity contribution in [3.8, 4) is 22.3 Å². The normalized spacial score (nSPS) is 13.7. The van der Waals surface area contributed by atoms with Crippen LogP contribution in [0.1, 0.15) is 59.2 Å². The molecule has 3 heteroatoms. The molecule has 0 amide bonds. The van der Waals surface area contributed by atoms with Crippen LogP contribution in [0.3, 0.4) is 0 Å². The zero-order valence-electron chi connectivity index (χ0n) is 39.0. The molecule has 0 aliphatic heterocycles. The fourth-order valence-corrected chi connectivity index (χ4v) is 8.96. The van der Waals surface area contributed by atoms with Gasteiger partial charge >= 0.3 is 0 Å². The minimum Gasteiger partial charge on any atom is -0.336 e. The monoisotopic (exact) mass is 869 g/mol. The van der Waals surface area contributed by atoms with Crippen LogP contribution in [0.15, 0.2) is 242 Å². The third kappa shape index (κ3) is 10.8. The minimum absolute atomic E-state index is 0.248. The molecule has 0 saturated carbocycles. The van der Waals surface area contributed by atoms with Crippen LogP contribution in [0.2, 0.25) is 0 Å². The number of nitrogens with zero attached hydrogens (tertiary/aromatic N) is 3. The molecule has 6 aromatic carbocycles. The summed E-state index contributed by atoms with van der Waals surface area (Å²) in [5.74, 6) is 0.248. The van der Waals surface area contributed by atoms with Crippen molar-refractivity contribution in [1.82, 2.24) is 4.57 Å². The Labute approximate surface area is 398 Å². The number of aryl methyl sites for hydroxylation is 1. The van der Waals surface area contributed by atoms with E-state index in [9.17, 15) is 0 Å². The fourth-order valence-electron chi connectivity index (χ4n) is 8.96. The van der Waals surface area contributed by atoms with Gasteiger partial charge in [-0.2, -0.15) is 0 Å². The van der Waals surface area contributed by atoms with Crippen LogP contribution in [0.5, 0.6) is 0 Å². The molecule has 0 spiro atoms. The van der Waals surface area contributed by atoms with Gasteiger partial charge in [-0.3, -0.25) is 4.99 Å². The number of anilines is 2. The number of aromatic nitrogens is 1. The zero-order valence-corrected chi connectivity index (χ0v) is 39.0. The van der Waals surface area contributed by atoms with Gasteiger partial charge in [-0.15, -0.1) is 0 Å². The Hall–Kier alpha value is -8.01. The van der Waals surface area contributed by atoms with Crippen molar-refractivity contribution in [2.45, 2.75) is 39.2 Å². The summed E-state index contributed by atoms with van der Waals surface area (Å²) in [5, 5.41) is 1.33. The molecular formula is C64H59N3. The first-order valence-corrected chi connectivity index (χ1v) is 23.2. The highest BCUT2D eigenvalue weighted by Gasteiger charge is 2.20. The van der Waals surface area contributed by atoms with E-state index in [1.165, 1.54) is 72.2 Å². The Morgan fingerprint density at radius 3 is 1.99 bits per heavy atom. The van der Waals surface area contributed by atoms with Crippen LogP contribution in [0.4, 0.5) is 11.4 Å². The van der Waals surface area contributed by atoms with Crippen LogP contribution in [0, 0.1) is 6.92 Å². The molecule has 7 aromatic rings. The summed E-state index contributed by atoms with van der Waals surface area (Å²) in [6.45, 7) is 12.9. The number of hydrogen-bond donors (Lipinski definition) is 0. The van der Waals surface area contributed by atoms with Gasteiger partial charge in [0.25, 0.3) is 0 Å². The Kier molecular flexibility index (Phi) is 15.1. The lowest BCUT2D eigenvalue weighted by Gasteiger charge is -2.27. The molecule has 0 fully saturated rings. The Balaban J connectivity index is 0.00000116. The topological polar surface area (TPSA) is 20.5 Å². The predicted molar refractivity (Wildman–Crippen MR) is 292 cm³/mol. The first-order valence-electron chi connectivity index (χ1n) is 23.2. The summed E-state index contributed by atoms with van der Waals surface area (Å²) in [7, 11) is 1.71. The van der Waals surface area contributed by atoms with E-state index in [1.54, 1.807) is 19.3 Å². The second-order valence-corrected chi connectivity index (χ2v) is 16.8. The van der Waals surface area contributed by atoms with Crippen molar-refractivity contribution in [2.75, 3.05) is 11.9 Å². The van der Waals surface area contributed by atoms with Gasteiger partial charge in [0.1, 0.15) is 0 Å². The average Bonchev–Trinajstić information content (AvgIpc) is 3.63.